The lowest BCUT2D eigenvalue weighted by atomic mass is 10.6. The number of imidazole rings is 1. The number of aromatic amines is 1. The van der Waals surface area contributed by atoms with Crippen LogP contribution in [-0.4, -0.2) is 29.9 Å². The lowest BCUT2D eigenvalue weighted by Crippen LogP contribution is -1.88. The Hall–Kier alpha value is -1.73. The SMILES string of the molecule is Clc1cc(Sc2ncnc3nc[nH]c23)ncn1. The van der Waals surface area contributed by atoms with Gasteiger partial charge in [-0.2, -0.15) is 0 Å². The van der Waals surface area contributed by atoms with E-state index in [0.717, 1.165) is 15.6 Å². The third kappa shape index (κ3) is 2.06. The Balaban J connectivity index is 2.02. The summed E-state index contributed by atoms with van der Waals surface area (Å²) in [5.41, 5.74) is 1.41. The molecule has 0 aliphatic heterocycles. The highest BCUT2D eigenvalue weighted by Crippen LogP contribution is 2.28. The molecule has 3 aromatic rings. The maximum absolute atomic E-state index is 5.79. The number of fused-ring (bicyclic) bond motifs is 1. The summed E-state index contributed by atoms with van der Waals surface area (Å²) in [5, 5.41) is 1.87. The van der Waals surface area contributed by atoms with Crippen molar-refractivity contribution < 1.29 is 0 Å². The Kier molecular flexibility index (Phi) is 2.62. The average Bonchev–Trinajstić information content (AvgIpc) is 2.78. The third-order valence-corrected chi connectivity index (χ3v) is 3.14. The number of nitrogens with one attached hydrogen (secondary N) is 1. The molecule has 17 heavy (non-hydrogen) atoms. The first kappa shape index (κ1) is 10.4. The molecule has 0 radical (unpaired) electrons. The number of hydrogen-bond acceptors (Lipinski definition) is 6. The molecule has 0 aliphatic carbocycles. The molecule has 0 aliphatic rings. The molecule has 6 nitrogen and oxygen atoms in total. The molecule has 3 aromatic heterocycles. The van der Waals surface area contributed by atoms with E-state index in [4.69, 9.17) is 11.6 Å². The van der Waals surface area contributed by atoms with E-state index in [1.807, 2.05) is 0 Å². The molecular formula is C9H5ClN6S. The van der Waals surface area contributed by atoms with Crippen LogP contribution in [0.1, 0.15) is 0 Å². The van der Waals surface area contributed by atoms with Crippen molar-refractivity contribution in [1.29, 1.82) is 0 Å². The van der Waals surface area contributed by atoms with Crippen molar-refractivity contribution in [3.05, 3.63) is 30.2 Å². The molecule has 8 heteroatoms. The summed E-state index contributed by atoms with van der Waals surface area (Å²) in [4.78, 5) is 23.2. The molecule has 3 rings (SSSR count). The van der Waals surface area contributed by atoms with Gasteiger partial charge in [0.2, 0.25) is 0 Å². The van der Waals surface area contributed by atoms with Gasteiger partial charge in [-0.3, -0.25) is 0 Å². The van der Waals surface area contributed by atoms with Crippen molar-refractivity contribution in [2.75, 3.05) is 0 Å². The zero-order chi connectivity index (χ0) is 11.7. The Labute approximate surface area is 105 Å². The molecule has 0 atom stereocenters. The summed E-state index contributed by atoms with van der Waals surface area (Å²) < 4.78 is 0. The average molecular weight is 265 g/mol. The zero-order valence-electron chi connectivity index (χ0n) is 8.33. The van der Waals surface area contributed by atoms with Gasteiger partial charge >= 0.3 is 0 Å². The fourth-order valence-electron chi connectivity index (χ4n) is 1.29. The van der Waals surface area contributed by atoms with E-state index in [2.05, 4.69) is 29.9 Å². The molecule has 1 N–H and O–H groups in total. The topological polar surface area (TPSA) is 80.2 Å². The second-order valence-corrected chi connectivity index (χ2v) is 4.46. The van der Waals surface area contributed by atoms with Crippen LogP contribution in [0.25, 0.3) is 11.2 Å². The van der Waals surface area contributed by atoms with Crippen molar-refractivity contribution in [3.63, 3.8) is 0 Å². The highest BCUT2D eigenvalue weighted by molar-refractivity contribution is 7.99. The molecule has 0 amide bonds. The van der Waals surface area contributed by atoms with Crippen LogP contribution in [0.15, 0.2) is 35.1 Å². The summed E-state index contributed by atoms with van der Waals surface area (Å²) in [7, 11) is 0. The van der Waals surface area contributed by atoms with Gasteiger partial charge in [0, 0.05) is 6.07 Å². The van der Waals surface area contributed by atoms with E-state index in [1.165, 1.54) is 24.4 Å². The van der Waals surface area contributed by atoms with Crippen molar-refractivity contribution in [2.24, 2.45) is 0 Å². The predicted octanol–water partition coefficient (Wildman–Crippen LogP) is 1.95. The molecular weight excluding hydrogens is 260 g/mol. The van der Waals surface area contributed by atoms with Crippen LogP contribution < -0.4 is 0 Å². The zero-order valence-corrected chi connectivity index (χ0v) is 9.90. The Bertz CT molecular complexity index is 669. The monoisotopic (exact) mass is 264 g/mol. The van der Waals surface area contributed by atoms with Crippen LogP contribution in [0, 0.1) is 0 Å². The Morgan fingerprint density at radius 1 is 1.06 bits per heavy atom. The molecule has 0 saturated heterocycles. The molecule has 0 aromatic carbocycles. The van der Waals surface area contributed by atoms with Crippen LogP contribution in [0.3, 0.4) is 0 Å². The first-order chi connectivity index (χ1) is 8.33. The van der Waals surface area contributed by atoms with Gasteiger partial charge in [-0.05, 0) is 11.8 Å². The van der Waals surface area contributed by atoms with Gasteiger partial charge in [0.05, 0.1) is 6.33 Å². The van der Waals surface area contributed by atoms with Crippen LogP contribution >= 0.6 is 23.4 Å². The molecule has 84 valence electrons. The standard InChI is InChI=1S/C9H5ClN6S/c10-5-1-6(12-2-11-5)17-9-7-8(14-3-13-7)15-4-16-9/h1-4H,(H,13,14,15,16). The van der Waals surface area contributed by atoms with Gasteiger partial charge in [-0.15, -0.1) is 0 Å². The van der Waals surface area contributed by atoms with Crippen molar-refractivity contribution in [1.82, 2.24) is 29.9 Å². The molecule has 0 saturated carbocycles. The minimum atomic E-state index is 0.400. The largest absolute Gasteiger partial charge is 0.341 e. The third-order valence-electron chi connectivity index (χ3n) is 2.00. The van der Waals surface area contributed by atoms with Crippen LogP contribution in [-0.2, 0) is 0 Å². The lowest BCUT2D eigenvalue weighted by molar-refractivity contribution is 1.03. The van der Waals surface area contributed by atoms with Gasteiger partial charge in [0.1, 0.15) is 33.4 Å². The normalized spacial score (nSPS) is 10.9. The van der Waals surface area contributed by atoms with Gasteiger partial charge in [-0.1, -0.05) is 11.6 Å². The minimum absolute atomic E-state index is 0.400. The van der Waals surface area contributed by atoms with E-state index < -0.39 is 0 Å². The number of H-pyrrole nitrogens is 1. The lowest BCUT2D eigenvalue weighted by Gasteiger charge is -2.00. The summed E-state index contributed by atoms with van der Waals surface area (Å²) in [6.45, 7) is 0. The van der Waals surface area contributed by atoms with E-state index >= 15 is 0 Å². The molecule has 0 fully saturated rings. The highest BCUT2D eigenvalue weighted by Gasteiger charge is 2.08. The van der Waals surface area contributed by atoms with Crippen LogP contribution in [0.4, 0.5) is 0 Å². The fourth-order valence-corrected chi connectivity index (χ4v) is 2.32. The first-order valence-electron chi connectivity index (χ1n) is 4.62. The van der Waals surface area contributed by atoms with Crippen LogP contribution in [0.2, 0.25) is 5.15 Å². The molecule has 0 bridgehead atoms. The van der Waals surface area contributed by atoms with Gasteiger partial charge in [0.15, 0.2) is 5.65 Å². The number of halogens is 1. The summed E-state index contributed by atoms with van der Waals surface area (Å²) >= 11 is 7.17. The first-order valence-corrected chi connectivity index (χ1v) is 5.82. The second kappa shape index (κ2) is 4.27. The summed E-state index contributed by atoms with van der Waals surface area (Å²) in [6.07, 6.45) is 4.46. The van der Waals surface area contributed by atoms with Gasteiger partial charge in [-0.25, -0.2) is 24.9 Å². The minimum Gasteiger partial charge on any atom is -0.341 e. The molecule has 3 heterocycles. The van der Waals surface area contributed by atoms with Gasteiger partial charge in [0.25, 0.3) is 0 Å². The van der Waals surface area contributed by atoms with E-state index in [0.29, 0.717) is 10.8 Å². The maximum atomic E-state index is 5.79. The number of aromatic nitrogens is 6. The maximum Gasteiger partial charge on any atom is 0.181 e. The van der Waals surface area contributed by atoms with Crippen LogP contribution in [0.5, 0.6) is 0 Å². The number of rotatable bonds is 2. The van der Waals surface area contributed by atoms with E-state index in [9.17, 15) is 0 Å². The quantitative estimate of drug-likeness (QED) is 0.713. The molecule has 0 spiro atoms. The van der Waals surface area contributed by atoms with Crippen molar-refractivity contribution >= 4 is 34.5 Å². The highest BCUT2D eigenvalue weighted by atomic mass is 35.5. The smallest absolute Gasteiger partial charge is 0.181 e. The fraction of sp³-hybridized carbons (Fsp3) is 0. The van der Waals surface area contributed by atoms with Crippen molar-refractivity contribution in [2.45, 2.75) is 10.1 Å². The molecule has 0 unspecified atom stereocenters. The Morgan fingerprint density at radius 2 is 1.94 bits per heavy atom. The van der Waals surface area contributed by atoms with E-state index in [1.54, 1.807) is 12.4 Å². The van der Waals surface area contributed by atoms with Gasteiger partial charge < -0.3 is 4.98 Å². The summed E-state index contributed by atoms with van der Waals surface area (Å²) in [6, 6.07) is 1.68. The Morgan fingerprint density at radius 3 is 2.82 bits per heavy atom. The predicted molar refractivity (Wildman–Crippen MR) is 62.8 cm³/mol. The second-order valence-electron chi connectivity index (χ2n) is 3.06. The summed E-state index contributed by atoms with van der Waals surface area (Å²) in [5.74, 6) is 0. The van der Waals surface area contributed by atoms with Crippen molar-refractivity contribution in [3.8, 4) is 0 Å². The number of nitrogens with zero attached hydrogens (tertiary/aromatic N) is 5. The number of hydrogen-bond donors (Lipinski definition) is 1. The van der Waals surface area contributed by atoms with E-state index in [-0.39, 0.29) is 0 Å².